The number of hydrogen-bond acceptors (Lipinski definition) is 4. The summed E-state index contributed by atoms with van der Waals surface area (Å²) in [6.07, 6.45) is 0.499. The minimum absolute atomic E-state index is 0.0202. The van der Waals surface area contributed by atoms with Gasteiger partial charge in [0.2, 0.25) is 11.8 Å². The number of halogens is 1. The minimum Gasteiger partial charge on any atom is -0.368 e. The molecule has 0 spiro atoms. The van der Waals surface area contributed by atoms with Crippen molar-refractivity contribution >= 4 is 40.9 Å². The lowest BCUT2D eigenvalue weighted by molar-refractivity contribution is -0.135. The monoisotopic (exact) mass is 353 g/mol. The van der Waals surface area contributed by atoms with Crippen molar-refractivity contribution in [2.45, 2.75) is 12.5 Å². The van der Waals surface area contributed by atoms with Crippen molar-refractivity contribution in [3.63, 3.8) is 0 Å². The van der Waals surface area contributed by atoms with Gasteiger partial charge in [-0.05, 0) is 24.3 Å². The molecule has 2 fully saturated rings. The third kappa shape index (κ3) is 4.12. The summed E-state index contributed by atoms with van der Waals surface area (Å²) >= 11 is 7.58. The Labute approximate surface area is 145 Å². The molecule has 1 aromatic carbocycles. The average Bonchev–Trinajstić information content (AvgIpc) is 2.80. The highest BCUT2D eigenvalue weighted by atomic mass is 35.5. The molecule has 23 heavy (non-hydrogen) atoms. The average molecular weight is 354 g/mol. The maximum atomic E-state index is 12.6. The van der Waals surface area contributed by atoms with Crippen molar-refractivity contribution in [3.8, 4) is 0 Å². The van der Waals surface area contributed by atoms with E-state index < -0.39 is 0 Å². The van der Waals surface area contributed by atoms with Crippen molar-refractivity contribution < 1.29 is 9.59 Å². The highest BCUT2D eigenvalue weighted by Crippen LogP contribution is 2.20. The van der Waals surface area contributed by atoms with E-state index in [4.69, 9.17) is 11.6 Å². The van der Waals surface area contributed by atoms with Crippen molar-refractivity contribution in [2.75, 3.05) is 42.6 Å². The fraction of sp³-hybridized carbons (Fsp3) is 0.500. The van der Waals surface area contributed by atoms with E-state index in [9.17, 15) is 9.59 Å². The summed E-state index contributed by atoms with van der Waals surface area (Å²) < 4.78 is 0. The van der Waals surface area contributed by atoms with E-state index in [1.807, 2.05) is 29.2 Å². The standard InChI is InChI=1S/C16H20ClN3O2S/c17-12-1-3-13(4-2-12)19-6-8-20(9-7-19)16(22)14-11-23-10-5-15(21)18-14/h1-4,14H,5-11H2,(H,18,21). The Hall–Kier alpha value is -1.40. The van der Waals surface area contributed by atoms with Crippen LogP contribution in [-0.4, -0.2) is 60.4 Å². The van der Waals surface area contributed by atoms with Crippen molar-refractivity contribution in [3.05, 3.63) is 29.3 Å². The lowest BCUT2D eigenvalue weighted by Gasteiger charge is -2.37. The highest BCUT2D eigenvalue weighted by Gasteiger charge is 2.29. The highest BCUT2D eigenvalue weighted by molar-refractivity contribution is 7.99. The lowest BCUT2D eigenvalue weighted by Crippen LogP contribution is -2.55. The summed E-state index contributed by atoms with van der Waals surface area (Å²) in [7, 11) is 0. The second kappa shape index (κ2) is 7.45. The van der Waals surface area contributed by atoms with Crippen LogP contribution in [0.2, 0.25) is 5.02 Å². The molecular weight excluding hydrogens is 334 g/mol. The van der Waals surface area contributed by atoms with E-state index in [1.165, 1.54) is 0 Å². The molecule has 3 rings (SSSR count). The van der Waals surface area contributed by atoms with E-state index in [1.54, 1.807) is 11.8 Å². The number of benzene rings is 1. The molecule has 2 amide bonds. The number of nitrogens with zero attached hydrogens (tertiary/aromatic N) is 2. The SMILES string of the molecule is O=C1CCSCC(C(=O)N2CCN(c3ccc(Cl)cc3)CC2)N1. The predicted octanol–water partition coefficient (Wildman–Crippen LogP) is 1.61. The topological polar surface area (TPSA) is 52.7 Å². The maximum absolute atomic E-state index is 12.6. The molecule has 0 bridgehead atoms. The van der Waals surface area contributed by atoms with E-state index in [0.29, 0.717) is 25.3 Å². The number of carbonyl (C=O) groups excluding carboxylic acids is 2. The number of hydrogen-bond donors (Lipinski definition) is 1. The van der Waals surface area contributed by atoms with E-state index in [-0.39, 0.29) is 17.9 Å². The van der Waals surface area contributed by atoms with E-state index >= 15 is 0 Å². The third-order valence-corrected chi connectivity index (χ3v) is 5.49. The van der Waals surface area contributed by atoms with Crippen molar-refractivity contribution in [1.82, 2.24) is 10.2 Å². The van der Waals surface area contributed by atoms with E-state index in [0.717, 1.165) is 29.6 Å². The Bertz CT molecular complexity index is 573. The molecule has 0 aromatic heterocycles. The Kier molecular flexibility index (Phi) is 5.33. The number of rotatable bonds is 2. The van der Waals surface area contributed by atoms with Crippen molar-refractivity contribution in [1.29, 1.82) is 0 Å². The molecule has 0 aliphatic carbocycles. The Morgan fingerprint density at radius 3 is 2.57 bits per heavy atom. The van der Waals surface area contributed by atoms with Crippen LogP contribution >= 0.6 is 23.4 Å². The van der Waals surface area contributed by atoms with Crippen molar-refractivity contribution in [2.24, 2.45) is 0 Å². The van der Waals surface area contributed by atoms with Crippen LogP contribution in [0.5, 0.6) is 0 Å². The maximum Gasteiger partial charge on any atom is 0.246 e. The minimum atomic E-state index is -0.378. The lowest BCUT2D eigenvalue weighted by atomic mass is 10.2. The van der Waals surface area contributed by atoms with Gasteiger partial charge in [0.1, 0.15) is 6.04 Å². The molecule has 2 heterocycles. The first-order valence-corrected chi connectivity index (χ1v) is 9.33. The van der Waals surface area contributed by atoms with Crippen LogP contribution in [0, 0.1) is 0 Å². The fourth-order valence-electron chi connectivity index (χ4n) is 2.86. The summed E-state index contributed by atoms with van der Waals surface area (Å²) in [6, 6.07) is 7.39. The molecule has 1 atom stereocenters. The molecule has 124 valence electrons. The molecule has 2 aliphatic heterocycles. The normalized spacial score (nSPS) is 22.5. The molecule has 2 saturated heterocycles. The van der Waals surface area contributed by atoms with Gasteiger partial charge < -0.3 is 15.1 Å². The number of nitrogens with one attached hydrogen (secondary N) is 1. The number of anilines is 1. The van der Waals surface area contributed by atoms with Gasteiger partial charge in [0.05, 0.1) is 0 Å². The first-order valence-electron chi connectivity index (χ1n) is 7.80. The third-order valence-electron chi connectivity index (χ3n) is 4.17. The van der Waals surface area contributed by atoms with Crippen LogP contribution < -0.4 is 10.2 Å². The van der Waals surface area contributed by atoms with Crippen LogP contribution in [-0.2, 0) is 9.59 Å². The number of thioether (sulfide) groups is 1. The van der Waals surface area contributed by atoms with Crippen LogP contribution in [0.25, 0.3) is 0 Å². The molecular formula is C16H20ClN3O2S. The number of carbonyl (C=O) groups is 2. The van der Waals surface area contributed by atoms with Crippen LogP contribution in [0.3, 0.4) is 0 Å². The molecule has 1 unspecified atom stereocenters. The Morgan fingerprint density at radius 1 is 1.17 bits per heavy atom. The largest absolute Gasteiger partial charge is 0.368 e. The van der Waals surface area contributed by atoms with Gasteiger partial charge in [-0.15, -0.1) is 0 Å². The van der Waals surface area contributed by atoms with Crippen LogP contribution in [0.4, 0.5) is 5.69 Å². The van der Waals surface area contributed by atoms with Gasteiger partial charge in [-0.25, -0.2) is 0 Å². The zero-order chi connectivity index (χ0) is 16.2. The zero-order valence-corrected chi connectivity index (χ0v) is 14.4. The van der Waals surface area contributed by atoms with Gasteiger partial charge in [-0.2, -0.15) is 11.8 Å². The number of amides is 2. The first kappa shape index (κ1) is 16.5. The summed E-state index contributed by atoms with van der Waals surface area (Å²) in [5, 5.41) is 3.57. The Balaban J connectivity index is 1.56. The summed E-state index contributed by atoms with van der Waals surface area (Å²) in [5.41, 5.74) is 1.12. The van der Waals surface area contributed by atoms with Gasteiger partial charge >= 0.3 is 0 Å². The number of piperazine rings is 1. The second-order valence-corrected chi connectivity index (χ2v) is 7.32. The second-order valence-electron chi connectivity index (χ2n) is 5.73. The smallest absolute Gasteiger partial charge is 0.246 e. The molecule has 2 aliphatic rings. The molecule has 0 radical (unpaired) electrons. The molecule has 1 N–H and O–H groups in total. The summed E-state index contributed by atoms with van der Waals surface area (Å²) in [5.74, 6) is 1.48. The molecule has 5 nitrogen and oxygen atoms in total. The quantitative estimate of drug-likeness (QED) is 0.877. The van der Waals surface area contributed by atoms with E-state index in [2.05, 4.69) is 10.2 Å². The van der Waals surface area contributed by atoms with Gasteiger partial charge in [-0.3, -0.25) is 9.59 Å². The van der Waals surface area contributed by atoms with Gasteiger partial charge in [-0.1, -0.05) is 11.6 Å². The molecule has 1 aromatic rings. The van der Waals surface area contributed by atoms with Crippen LogP contribution in [0.1, 0.15) is 6.42 Å². The van der Waals surface area contributed by atoms with Crippen LogP contribution in [0.15, 0.2) is 24.3 Å². The Morgan fingerprint density at radius 2 is 1.87 bits per heavy atom. The predicted molar refractivity (Wildman–Crippen MR) is 94.1 cm³/mol. The summed E-state index contributed by atoms with van der Waals surface area (Å²) in [4.78, 5) is 28.3. The van der Waals surface area contributed by atoms with Gasteiger partial charge in [0, 0.05) is 54.8 Å². The zero-order valence-electron chi connectivity index (χ0n) is 12.8. The molecule has 7 heteroatoms. The fourth-order valence-corrected chi connectivity index (χ4v) is 3.95. The summed E-state index contributed by atoms with van der Waals surface area (Å²) in [6.45, 7) is 2.94. The first-order chi connectivity index (χ1) is 11.1. The molecule has 0 saturated carbocycles. The van der Waals surface area contributed by atoms with Gasteiger partial charge in [0.15, 0.2) is 0 Å². The van der Waals surface area contributed by atoms with Gasteiger partial charge in [0.25, 0.3) is 0 Å².